The Bertz CT molecular complexity index is 1260. The molecule has 0 radical (unpaired) electrons. The van der Waals surface area contributed by atoms with Gasteiger partial charge in [-0.25, -0.2) is 9.18 Å². The number of likely N-dealkylation sites (N-methyl/N-ethyl adjacent to an activating group) is 1. The number of hydrogen-bond donors (Lipinski definition) is 1. The van der Waals surface area contributed by atoms with Crippen LogP contribution in [0.15, 0.2) is 48.5 Å². The van der Waals surface area contributed by atoms with Gasteiger partial charge in [-0.3, -0.25) is 14.5 Å². The van der Waals surface area contributed by atoms with E-state index in [1.54, 1.807) is 12.1 Å². The van der Waals surface area contributed by atoms with Gasteiger partial charge in [-0.1, -0.05) is 37.6 Å². The molecule has 214 valence electrons. The molecule has 0 bridgehead atoms. The molecule has 2 saturated heterocycles. The summed E-state index contributed by atoms with van der Waals surface area (Å²) in [4.78, 5) is 44.7. The van der Waals surface area contributed by atoms with E-state index < -0.39 is 17.4 Å². The topological polar surface area (TPSA) is 79.0 Å². The second-order valence-electron chi connectivity index (χ2n) is 11.9. The van der Waals surface area contributed by atoms with Crippen LogP contribution in [0.5, 0.6) is 5.75 Å². The minimum absolute atomic E-state index is 0.0193. The van der Waals surface area contributed by atoms with Crippen LogP contribution in [0, 0.1) is 23.1 Å². The van der Waals surface area contributed by atoms with E-state index in [-0.39, 0.29) is 53.7 Å². The van der Waals surface area contributed by atoms with E-state index in [0.717, 1.165) is 12.0 Å². The van der Waals surface area contributed by atoms with Crippen molar-refractivity contribution in [1.82, 2.24) is 15.1 Å². The minimum atomic E-state index is -1.20. The van der Waals surface area contributed by atoms with Gasteiger partial charge in [0.1, 0.15) is 17.1 Å². The Kier molecular flexibility index (Phi) is 7.94. The molecule has 9 heteroatoms. The SMILES string of the molecule is CCN(C(=O)Oc1ccc(F)cc1)[C@]1(C(=O)C2CCN(C(=O)C3CC3(C)C)CC2)CNC[C@H]1c1ccc(Cl)cc1. The standard InChI is InChI=1S/C31H37ClFN3O4/c1-4-36(29(39)40-24-11-9-23(33)10-12-24)31(19-34-18-26(31)20-5-7-22(32)8-6-20)27(37)21-13-15-35(16-14-21)28(38)25-17-30(25,2)3/h5-12,21,25-26,34H,4,13-19H2,1-3H3/t25?,26-,31+/m0/s1. The first-order chi connectivity index (χ1) is 19.1. The highest BCUT2D eigenvalue weighted by Crippen LogP contribution is 2.52. The number of carbonyl (C=O) groups is 3. The average molecular weight is 570 g/mol. The summed E-state index contributed by atoms with van der Waals surface area (Å²) >= 11 is 6.17. The summed E-state index contributed by atoms with van der Waals surface area (Å²) in [5.41, 5.74) is -0.240. The number of carbonyl (C=O) groups excluding carboxylic acids is 3. The van der Waals surface area contributed by atoms with Gasteiger partial charge in [-0.15, -0.1) is 0 Å². The number of ether oxygens (including phenoxy) is 1. The number of ketones is 1. The van der Waals surface area contributed by atoms with Crippen molar-refractivity contribution in [2.45, 2.75) is 51.5 Å². The fourth-order valence-corrected chi connectivity index (χ4v) is 6.65. The molecular weight excluding hydrogens is 533 g/mol. The molecule has 2 aromatic carbocycles. The summed E-state index contributed by atoms with van der Waals surface area (Å²) < 4.78 is 19.1. The molecule has 3 fully saturated rings. The average Bonchev–Trinajstić information content (AvgIpc) is 3.37. The molecule has 1 N–H and O–H groups in total. The van der Waals surface area contributed by atoms with Crippen molar-refractivity contribution in [2.75, 3.05) is 32.7 Å². The van der Waals surface area contributed by atoms with Gasteiger partial charge in [-0.2, -0.15) is 0 Å². The Balaban J connectivity index is 1.43. The predicted octanol–water partition coefficient (Wildman–Crippen LogP) is 5.28. The molecule has 2 heterocycles. The van der Waals surface area contributed by atoms with Crippen LogP contribution in [0.1, 0.15) is 51.5 Å². The van der Waals surface area contributed by atoms with Gasteiger partial charge in [0.05, 0.1) is 0 Å². The summed E-state index contributed by atoms with van der Waals surface area (Å²) in [7, 11) is 0. The lowest BCUT2D eigenvalue weighted by Gasteiger charge is -2.45. The van der Waals surface area contributed by atoms with Crippen LogP contribution in [-0.2, 0) is 9.59 Å². The second kappa shape index (κ2) is 11.1. The lowest BCUT2D eigenvalue weighted by atomic mass is 9.71. The second-order valence-corrected chi connectivity index (χ2v) is 12.4. The lowest BCUT2D eigenvalue weighted by Crippen LogP contribution is -2.64. The maximum Gasteiger partial charge on any atom is 0.416 e. The summed E-state index contributed by atoms with van der Waals surface area (Å²) in [6.07, 6.45) is 1.35. The van der Waals surface area contributed by atoms with E-state index in [1.807, 2.05) is 24.0 Å². The molecule has 0 aromatic heterocycles. The van der Waals surface area contributed by atoms with Crippen molar-refractivity contribution < 1.29 is 23.5 Å². The first-order valence-corrected chi connectivity index (χ1v) is 14.5. The molecule has 1 aliphatic carbocycles. The highest BCUT2D eigenvalue weighted by atomic mass is 35.5. The zero-order valence-corrected chi connectivity index (χ0v) is 24.0. The number of nitrogens with zero attached hydrogens (tertiary/aromatic N) is 2. The van der Waals surface area contributed by atoms with Gasteiger partial charge in [-0.05, 0) is 73.6 Å². The van der Waals surface area contributed by atoms with Crippen LogP contribution in [0.2, 0.25) is 5.02 Å². The van der Waals surface area contributed by atoms with Crippen molar-refractivity contribution in [3.8, 4) is 5.75 Å². The van der Waals surface area contributed by atoms with Crippen LogP contribution >= 0.6 is 11.6 Å². The fraction of sp³-hybridized carbons (Fsp3) is 0.516. The number of halogens is 2. The van der Waals surface area contributed by atoms with E-state index in [1.165, 1.54) is 29.2 Å². The fourth-order valence-electron chi connectivity index (χ4n) is 6.52. The molecule has 0 spiro atoms. The number of amides is 2. The molecule has 1 saturated carbocycles. The Hall–Kier alpha value is -2.97. The van der Waals surface area contributed by atoms with Crippen molar-refractivity contribution in [3.63, 3.8) is 0 Å². The molecule has 3 atom stereocenters. The van der Waals surface area contributed by atoms with E-state index in [9.17, 15) is 18.8 Å². The van der Waals surface area contributed by atoms with Crippen molar-refractivity contribution in [3.05, 3.63) is 64.9 Å². The third-order valence-corrected chi connectivity index (χ3v) is 9.30. The van der Waals surface area contributed by atoms with Gasteiger partial charge < -0.3 is 15.0 Å². The number of hydrogen-bond acceptors (Lipinski definition) is 5. The van der Waals surface area contributed by atoms with Crippen LogP contribution < -0.4 is 10.1 Å². The number of likely N-dealkylation sites (tertiary alicyclic amines) is 1. The lowest BCUT2D eigenvalue weighted by molar-refractivity contribution is -0.140. The maximum atomic E-state index is 14.6. The first-order valence-electron chi connectivity index (χ1n) is 14.1. The van der Waals surface area contributed by atoms with Crippen LogP contribution in [0.25, 0.3) is 0 Å². The van der Waals surface area contributed by atoms with Crippen LogP contribution in [-0.4, -0.2) is 65.8 Å². The summed E-state index contributed by atoms with van der Waals surface area (Å²) in [5.74, 6) is -0.632. The molecule has 2 aromatic rings. The molecule has 2 amide bonds. The third-order valence-electron chi connectivity index (χ3n) is 9.04. The largest absolute Gasteiger partial charge is 0.416 e. The summed E-state index contributed by atoms with van der Waals surface area (Å²) in [6, 6.07) is 12.6. The predicted molar refractivity (Wildman–Crippen MR) is 151 cm³/mol. The first kappa shape index (κ1) is 28.6. The van der Waals surface area contributed by atoms with E-state index in [2.05, 4.69) is 19.2 Å². The van der Waals surface area contributed by atoms with Gasteiger partial charge in [0.2, 0.25) is 5.91 Å². The molecule has 5 rings (SSSR count). The molecule has 2 aliphatic heterocycles. The van der Waals surface area contributed by atoms with Gasteiger partial charge in [0.25, 0.3) is 0 Å². The Morgan fingerprint density at radius 2 is 1.70 bits per heavy atom. The number of Topliss-reactive ketones (excluding diaryl/α,β-unsaturated/α-hetero) is 1. The quantitative estimate of drug-likeness (QED) is 0.491. The molecule has 7 nitrogen and oxygen atoms in total. The third kappa shape index (κ3) is 5.36. The van der Waals surface area contributed by atoms with Gasteiger partial charge in [0, 0.05) is 55.5 Å². The normalized spacial score (nSPS) is 25.9. The smallest absolute Gasteiger partial charge is 0.410 e. The monoisotopic (exact) mass is 569 g/mol. The summed E-state index contributed by atoms with van der Waals surface area (Å²) in [5, 5.41) is 3.97. The van der Waals surface area contributed by atoms with E-state index >= 15 is 0 Å². The molecular formula is C31H37ClFN3O4. The van der Waals surface area contributed by atoms with Crippen molar-refractivity contribution in [1.29, 1.82) is 0 Å². The summed E-state index contributed by atoms with van der Waals surface area (Å²) in [6.45, 7) is 8.14. The Morgan fingerprint density at radius 1 is 1.07 bits per heavy atom. The van der Waals surface area contributed by atoms with Crippen LogP contribution in [0.3, 0.4) is 0 Å². The number of piperidine rings is 1. The van der Waals surface area contributed by atoms with Crippen molar-refractivity contribution >= 4 is 29.4 Å². The highest BCUT2D eigenvalue weighted by Gasteiger charge is 2.58. The Morgan fingerprint density at radius 3 is 2.27 bits per heavy atom. The number of nitrogens with one attached hydrogen (secondary N) is 1. The zero-order chi connectivity index (χ0) is 28.7. The van der Waals surface area contributed by atoms with Crippen molar-refractivity contribution in [2.24, 2.45) is 17.3 Å². The van der Waals surface area contributed by atoms with Gasteiger partial charge in [0.15, 0.2) is 5.78 Å². The Labute approximate surface area is 240 Å². The van der Waals surface area contributed by atoms with Crippen LogP contribution in [0.4, 0.5) is 9.18 Å². The van der Waals surface area contributed by atoms with E-state index in [0.29, 0.717) is 37.5 Å². The minimum Gasteiger partial charge on any atom is -0.410 e. The molecule has 3 aliphatic rings. The highest BCUT2D eigenvalue weighted by molar-refractivity contribution is 6.30. The number of rotatable bonds is 7. The van der Waals surface area contributed by atoms with Gasteiger partial charge >= 0.3 is 6.09 Å². The molecule has 40 heavy (non-hydrogen) atoms. The molecule has 1 unspecified atom stereocenters. The zero-order valence-electron chi connectivity index (χ0n) is 23.3. The maximum absolute atomic E-state index is 14.6. The number of benzene rings is 2. The van der Waals surface area contributed by atoms with E-state index in [4.69, 9.17) is 16.3 Å².